The van der Waals surface area contributed by atoms with E-state index in [0.717, 1.165) is 45.2 Å². The van der Waals surface area contributed by atoms with Crippen LogP contribution in [-0.2, 0) is 0 Å². The molecule has 3 N–H and O–H groups in total. The van der Waals surface area contributed by atoms with Crippen LogP contribution in [0.15, 0.2) is 104 Å². The average Bonchev–Trinajstić information content (AvgIpc) is 3.69. The summed E-state index contributed by atoms with van der Waals surface area (Å²) in [7, 11) is 3.93. The molecule has 46 heavy (non-hydrogen) atoms. The third kappa shape index (κ3) is 5.93. The Morgan fingerprint density at radius 3 is 2.63 bits per heavy atom. The normalized spacial score (nSPS) is 11.4. The molecule has 7 aromatic rings. The summed E-state index contributed by atoms with van der Waals surface area (Å²) in [5, 5.41) is 12.4. The molecule has 10 heteroatoms. The molecule has 4 aromatic heterocycles. The molecule has 4 heterocycles. The topological polar surface area (TPSA) is 112 Å². The van der Waals surface area contributed by atoms with Crippen molar-refractivity contribution in [2.75, 3.05) is 32.6 Å². The maximum atomic E-state index is 14.7. The first kappa shape index (κ1) is 28.9. The Labute approximate surface area is 264 Å². The molecule has 0 unspecified atom stereocenters. The fourth-order valence-corrected chi connectivity index (χ4v) is 5.41. The number of likely N-dealkylation sites (N-methyl/N-ethyl adjacent to an activating group) is 1. The van der Waals surface area contributed by atoms with Gasteiger partial charge in [-0.05, 0) is 85.4 Å². The third-order valence-electron chi connectivity index (χ3n) is 7.70. The van der Waals surface area contributed by atoms with Crippen molar-refractivity contribution in [1.82, 2.24) is 30.0 Å². The second kappa shape index (κ2) is 12.3. The molecule has 9 nitrogen and oxygen atoms in total. The van der Waals surface area contributed by atoms with Crippen molar-refractivity contribution in [1.29, 1.82) is 0 Å². The summed E-state index contributed by atoms with van der Waals surface area (Å²) >= 11 is 0. The minimum absolute atomic E-state index is 0.203. The number of nitrogens with zero attached hydrogens (tertiary/aromatic N) is 4. The van der Waals surface area contributed by atoms with Gasteiger partial charge in [-0.3, -0.25) is 14.9 Å². The van der Waals surface area contributed by atoms with Crippen LogP contribution in [0.25, 0.3) is 55.6 Å². The largest absolute Gasteiger partial charge is 0.492 e. The van der Waals surface area contributed by atoms with Crippen LogP contribution in [0, 0.1) is 5.82 Å². The van der Waals surface area contributed by atoms with E-state index >= 15 is 0 Å². The van der Waals surface area contributed by atoms with Crippen molar-refractivity contribution in [2.24, 2.45) is 0 Å². The molecule has 0 fully saturated rings. The highest BCUT2D eigenvalue weighted by Gasteiger charge is 2.16. The molecule has 3 aromatic carbocycles. The smallest absolute Gasteiger partial charge is 0.255 e. The number of amides is 1. The molecule has 0 spiro atoms. The lowest BCUT2D eigenvalue weighted by molar-refractivity contribution is 0.102. The number of hydrogen-bond acceptors (Lipinski definition) is 6. The number of aromatic amines is 2. The van der Waals surface area contributed by atoms with Crippen LogP contribution in [0.1, 0.15) is 10.4 Å². The highest BCUT2D eigenvalue weighted by Crippen LogP contribution is 2.36. The number of nitrogens with one attached hydrogen (secondary N) is 3. The first-order valence-corrected chi connectivity index (χ1v) is 14.8. The van der Waals surface area contributed by atoms with Crippen molar-refractivity contribution >= 4 is 33.5 Å². The maximum absolute atomic E-state index is 14.7. The van der Waals surface area contributed by atoms with Gasteiger partial charge in [-0.2, -0.15) is 5.10 Å². The summed E-state index contributed by atoms with van der Waals surface area (Å²) in [6, 6.07) is 25.5. The molecule has 0 radical (unpaired) electrons. The average molecular weight is 612 g/mol. The van der Waals surface area contributed by atoms with Crippen molar-refractivity contribution in [2.45, 2.75) is 0 Å². The summed E-state index contributed by atoms with van der Waals surface area (Å²) in [5.41, 5.74) is 7.43. The van der Waals surface area contributed by atoms with Crippen molar-refractivity contribution in [3.8, 4) is 39.4 Å². The van der Waals surface area contributed by atoms with Gasteiger partial charge in [0.05, 0.1) is 23.1 Å². The number of carbonyl (C=O) groups excluding carboxylic acids is 1. The van der Waals surface area contributed by atoms with E-state index < -0.39 is 0 Å². The number of rotatable bonds is 9. The number of fused-ring (bicyclic) bond motifs is 2. The molecule has 0 aliphatic heterocycles. The Kier molecular flexibility index (Phi) is 7.69. The van der Waals surface area contributed by atoms with Gasteiger partial charge in [0.15, 0.2) is 0 Å². The number of pyridine rings is 2. The maximum Gasteiger partial charge on any atom is 0.255 e. The predicted octanol–water partition coefficient (Wildman–Crippen LogP) is 7.17. The van der Waals surface area contributed by atoms with Gasteiger partial charge in [-0.25, -0.2) is 9.37 Å². The minimum Gasteiger partial charge on any atom is -0.492 e. The van der Waals surface area contributed by atoms with Crippen LogP contribution in [-0.4, -0.2) is 63.2 Å². The van der Waals surface area contributed by atoms with Gasteiger partial charge in [0.2, 0.25) is 0 Å². The number of H-pyrrole nitrogens is 2. The van der Waals surface area contributed by atoms with Crippen LogP contribution in [0.3, 0.4) is 0 Å². The van der Waals surface area contributed by atoms with E-state index in [1.54, 1.807) is 30.7 Å². The highest BCUT2D eigenvalue weighted by molar-refractivity contribution is 6.04. The zero-order chi connectivity index (χ0) is 31.6. The van der Waals surface area contributed by atoms with Gasteiger partial charge < -0.3 is 19.9 Å². The molecule has 1 amide bonds. The van der Waals surface area contributed by atoms with E-state index in [2.05, 4.69) is 30.5 Å². The Morgan fingerprint density at radius 2 is 1.78 bits per heavy atom. The van der Waals surface area contributed by atoms with Crippen LogP contribution in [0.5, 0.6) is 5.75 Å². The van der Waals surface area contributed by atoms with Crippen LogP contribution in [0.2, 0.25) is 0 Å². The first-order valence-electron chi connectivity index (χ1n) is 14.8. The van der Waals surface area contributed by atoms with E-state index in [0.29, 0.717) is 40.5 Å². The number of hydrogen-bond donors (Lipinski definition) is 3. The predicted molar refractivity (Wildman–Crippen MR) is 178 cm³/mol. The van der Waals surface area contributed by atoms with Crippen molar-refractivity contribution in [3.63, 3.8) is 0 Å². The lowest BCUT2D eigenvalue weighted by Crippen LogP contribution is -2.19. The molecule has 0 atom stereocenters. The van der Waals surface area contributed by atoms with Crippen molar-refractivity contribution in [3.05, 3.63) is 115 Å². The molecular formula is C36H30FN7O2. The molecule has 228 valence electrons. The molecule has 0 bridgehead atoms. The Morgan fingerprint density at radius 1 is 0.913 bits per heavy atom. The quantitative estimate of drug-likeness (QED) is 0.160. The summed E-state index contributed by atoms with van der Waals surface area (Å²) < 4.78 is 20.5. The third-order valence-corrected chi connectivity index (χ3v) is 7.70. The first-order chi connectivity index (χ1) is 22.4. The van der Waals surface area contributed by atoms with Crippen molar-refractivity contribution < 1.29 is 13.9 Å². The molecule has 0 aliphatic rings. The number of halogens is 1. The van der Waals surface area contributed by atoms with Crippen LogP contribution >= 0.6 is 0 Å². The molecule has 0 saturated heterocycles. The minimum atomic E-state index is -0.373. The van der Waals surface area contributed by atoms with E-state index in [-0.39, 0.29) is 11.7 Å². The highest BCUT2D eigenvalue weighted by atomic mass is 19.1. The van der Waals surface area contributed by atoms with Gasteiger partial charge in [-0.1, -0.05) is 24.3 Å². The number of carbonyl (C=O) groups is 1. The van der Waals surface area contributed by atoms with Gasteiger partial charge >= 0.3 is 0 Å². The van der Waals surface area contributed by atoms with E-state index in [4.69, 9.17) is 4.74 Å². The summed E-state index contributed by atoms with van der Waals surface area (Å²) in [6.07, 6.45) is 5.08. The molecule has 0 saturated carbocycles. The lowest BCUT2D eigenvalue weighted by atomic mass is 10.0. The number of aromatic nitrogens is 5. The monoisotopic (exact) mass is 611 g/mol. The number of ether oxygens (including phenoxy) is 1. The Bertz CT molecular complexity index is 2190. The Hall–Kier alpha value is -5.87. The summed E-state index contributed by atoms with van der Waals surface area (Å²) in [6.45, 7) is 1.17. The number of benzene rings is 3. The SMILES string of the molecule is CN(C)CCOc1cc(F)cc(-c2ccnc3[nH]c(-c4n[nH]c5ccc(-c6cncc(NC(=O)c7ccccc7)c6)cc45)cc23)c1. The zero-order valence-corrected chi connectivity index (χ0v) is 25.2. The fraction of sp³-hybridized carbons (Fsp3) is 0.111. The van der Waals surface area contributed by atoms with Gasteiger partial charge in [0, 0.05) is 46.9 Å². The second-order valence-corrected chi connectivity index (χ2v) is 11.2. The molecular weight excluding hydrogens is 581 g/mol. The van der Waals surface area contributed by atoms with Gasteiger partial charge in [-0.15, -0.1) is 0 Å². The Balaban J connectivity index is 1.21. The molecule has 0 aliphatic carbocycles. The van der Waals surface area contributed by atoms with Gasteiger partial charge in [0.1, 0.15) is 29.5 Å². The lowest BCUT2D eigenvalue weighted by Gasteiger charge is -2.12. The van der Waals surface area contributed by atoms with E-state index in [1.807, 2.05) is 79.7 Å². The summed E-state index contributed by atoms with van der Waals surface area (Å²) in [4.78, 5) is 27.0. The standard InChI is InChI=1S/C36H30FN7O2/c1-44(2)12-13-46-28-16-24(14-26(37)18-28)29-10-11-39-35-30(29)19-33(41-35)34-31-17-23(8-9-32(31)42-43-34)25-15-27(21-38-20-25)40-36(45)22-6-4-3-5-7-22/h3-11,14-21H,12-13H2,1-2H3,(H,39,41)(H,40,45)(H,42,43). The van der Waals surface area contributed by atoms with E-state index in [9.17, 15) is 9.18 Å². The zero-order valence-electron chi connectivity index (χ0n) is 25.2. The molecule has 7 rings (SSSR count). The van der Waals surface area contributed by atoms with Crippen LogP contribution in [0.4, 0.5) is 10.1 Å². The van der Waals surface area contributed by atoms with Crippen LogP contribution < -0.4 is 10.1 Å². The van der Waals surface area contributed by atoms with Gasteiger partial charge in [0.25, 0.3) is 5.91 Å². The number of anilines is 1. The second-order valence-electron chi connectivity index (χ2n) is 11.2. The fourth-order valence-electron chi connectivity index (χ4n) is 5.41. The summed E-state index contributed by atoms with van der Waals surface area (Å²) in [5.74, 6) is -0.103. The van der Waals surface area contributed by atoms with E-state index in [1.165, 1.54) is 12.1 Å².